The van der Waals surface area contributed by atoms with Crippen LogP contribution in [0.2, 0.25) is 0 Å². The molecule has 2 saturated carbocycles. The van der Waals surface area contributed by atoms with Gasteiger partial charge in [0.25, 0.3) is 0 Å². The van der Waals surface area contributed by atoms with Crippen LogP contribution in [0.5, 0.6) is 0 Å². The van der Waals surface area contributed by atoms with Crippen molar-refractivity contribution in [3.05, 3.63) is 60.2 Å². The Balaban J connectivity index is 1.34. The maximum absolute atomic E-state index is 13.6. The van der Waals surface area contributed by atoms with Gasteiger partial charge in [0.15, 0.2) is 0 Å². The molecule has 1 saturated heterocycles. The second kappa shape index (κ2) is 10.4. The molecule has 3 aliphatic rings. The molecule has 2 heterocycles. The minimum atomic E-state index is -0.368. The first kappa shape index (κ1) is 24.5. The first-order valence-corrected chi connectivity index (χ1v) is 13.0. The fourth-order valence-corrected chi connectivity index (χ4v) is 6.64. The van der Waals surface area contributed by atoms with Gasteiger partial charge < -0.3 is 14.8 Å². The second-order valence-corrected chi connectivity index (χ2v) is 10.3. The van der Waals surface area contributed by atoms with E-state index in [0.29, 0.717) is 18.4 Å². The predicted octanol–water partition coefficient (Wildman–Crippen LogP) is 5.63. The molecule has 0 spiro atoms. The number of pyridine rings is 1. The summed E-state index contributed by atoms with van der Waals surface area (Å²) in [6.45, 7) is 4.15. The molecule has 0 bridgehead atoms. The summed E-state index contributed by atoms with van der Waals surface area (Å²) in [6, 6.07) is 10.4. The lowest BCUT2D eigenvalue weighted by Gasteiger charge is -2.47. The normalized spacial score (nSPS) is 31.4. The van der Waals surface area contributed by atoms with E-state index in [2.05, 4.69) is 16.4 Å². The van der Waals surface area contributed by atoms with Gasteiger partial charge in [-0.3, -0.25) is 9.78 Å². The molecule has 1 aromatic heterocycles. The van der Waals surface area contributed by atoms with Gasteiger partial charge in [-0.05, 0) is 87.1 Å². The van der Waals surface area contributed by atoms with Crippen molar-refractivity contribution in [2.75, 3.05) is 6.61 Å². The summed E-state index contributed by atoms with van der Waals surface area (Å²) in [7, 11) is 0. The molecule has 5 rings (SSSR count). The topological polar surface area (TPSA) is 77.5 Å². The highest BCUT2D eigenvalue weighted by Gasteiger charge is 2.54. The minimum absolute atomic E-state index is 0.0679. The lowest BCUT2D eigenvalue weighted by Crippen LogP contribution is -2.48. The van der Waals surface area contributed by atoms with E-state index in [-0.39, 0.29) is 47.8 Å². The number of carbonyl (C=O) groups excluding carboxylic acids is 2. The summed E-state index contributed by atoms with van der Waals surface area (Å²) in [6.07, 6.45) is 9.07. The van der Waals surface area contributed by atoms with Crippen LogP contribution in [-0.2, 0) is 14.3 Å². The smallest absolute Gasteiger partial charge is 0.407 e. The molecule has 7 heteroatoms. The number of rotatable bonds is 5. The number of ether oxygens (including phenoxy) is 2. The Morgan fingerprint density at radius 3 is 2.83 bits per heavy atom. The molecule has 1 aromatic carbocycles. The number of hydrogen-bond acceptors (Lipinski definition) is 5. The number of hydrogen-bond donors (Lipinski definition) is 1. The Kier molecular flexibility index (Phi) is 7.08. The van der Waals surface area contributed by atoms with Gasteiger partial charge in [0.2, 0.25) is 0 Å². The predicted molar refractivity (Wildman–Crippen MR) is 134 cm³/mol. The quantitative estimate of drug-likeness (QED) is 0.548. The van der Waals surface area contributed by atoms with Crippen LogP contribution in [0, 0.1) is 35.4 Å². The monoisotopic (exact) mass is 492 g/mol. The van der Waals surface area contributed by atoms with Crippen molar-refractivity contribution in [2.24, 2.45) is 29.6 Å². The van der Waals surface area contributed by atoms with Crippen LogP contribution in [-0.4, -0.2) is 35.8 Å². The van der Waals surface area contributed by atoms with Crippen LogP contribution < -0.4 is 5.32 Å². The van der Waals surface area contributed by atoms with E-state index in [4.69, 9.17) is 9.47 Å². The third-order valence-corrected chi connectivity index (χ3v) is 8.18. The molecule has 7 atom stereocenters. The van der Waals surface area contributed by atoms with E-state index in [1.165, 1.54) is 12.1 Å². The van der Waals surface area contributed by atoms with E-state index in [9.17, 15) is 14.0 Å². The number of alkyl carbamates (subject to hydrolysis) is 1. The summed E-state index contributed by atoms with van der Waals surface area (Å²) in [5.41, 5.74) is 2.48. The molecule has 1 aliphatic heterocycles. The molecule has 2 aliphatic carbocycles. The Labute approximate surface area is 211 Å². The molecule has 6 nitrogen and oxygen atoms in total. The number of benzene rings is 1. The standard InChI is InChI=1S/C29H33FN2O4/c1-3-35-29(34)32-23-10-11-24-20(14-23)15-26-27(17(2)36-28(26)33)25(24)12-9-22-8-7-19(16-31-22)18-5-4-6-21(30)13-18/h4-9,12-13,16-17,20,23-27H,3,10-11,14-15H2,1-2H3,(H,32,34)/b12-9+/t17-,20-,23-,24+,25-,26-,27-/m0/s1. The largest absolute Gasteiger partial charge is 0.462 e. The molecule has 2 aromatic rings. The Morgan fingerprint density at radius 2 is 2.08 bits per heavy atom. The lowest BCUT2D eigenvalue weighted by atomic mass is 9.57. The number of halogens is 1. The fraction of sp³-hybridized carbons (Fsp3) is 0.483. The molecule has 190 valence electrons. The second-order valence-electron chi connectivity index (χ2n) is 10.3. The highest BCUT2D eigenvalue weighted by molar-refractivity contribution is 5.75. The zero-order valence-corrected chi connectivity index (χ0v) is 20.7. The zero-order chi connectivity index (χ0) is 25.2. The molecule has 1 N–H and O–H groups in total. The number of carbonyl (C=O) groups is 2. The van der Waals surface area contributed by atoms with Gasteiger partial charge in [0.05, 0.1) is 18.2 Å². The molecule has 3 fully saturated rings. The minimum Gasteiger partial charge on any atom is -0.462 e. The lowest BCUT2D eigenvalue weighted by molar-refractivity contribution is -0.144. The third-order valence-electron chi connectivity index (χ3n) is 8.18. The number of aromatic nitrogens is 1. The first-order valence-electron chi connectivity index (χ1n) is 13.0. The third kappa shape index (κ3) is 5.01. The molecular formula is C29H33FN2O4. The average Bonchev–Trinajstić information content (AvgIpc) is 3.15. The van der Waals surface area contributed by atoms with Crippen molar-refractivity contribution in [2.45, 2.75) is 51.7 Å². The Bertz CT molecular complexity index is 1130. The number of allylic oxidation sites excluding steroid dienone is 1. The molecule has 0 unspecified atom stereocenters. The van der Waals surface area contributed by atoms with Crippen molar-refractivity contribution in [1.29, 1.82) is 0 Å². The maximum atomic E-state index is 13.6. The number of nitrogens with zero attached hydrogens (tertiary/aromatic N) is 1. The molecule has 1 amide bonds. The molecule has 36 heavy (non-hydrogen) atoms. The van der Waals surface area contributed by atoms with Crippen LogP contribution >= 0.6 is 0 Å². The molecule has 0 radical (unpaired) electrons. The van der Waals surface area contributed by atoms with Gasteiger partial charge in [-0.2, -0.15) is 0 Å². The highest BCUT2D eigenvalue weighted by Crippen LogP contribution is 2.53. The van der Waals surface area contributed by atoms with Crippen LogP contribution in [0.4, 0.5) is 9.18 Å². The SMILES string of the molecule is CCOC(=O)N[C@H]1CC[C@@H]2[C@@H](C1)C[C@@H]1C(=O)O[C@@H](C)[C@H]1[C@H]2/C=C/c1ccc(-c2cccc(F)c2)cn1. The van der Waals surface area contributed by atoms with E-state index in [0.717, 1.165) is 42.5 Å². The average molecular weight is 493 g/mol. The van der Waals surface area contributed by atoms with Crippen molar-refractivity contribution < 1.29 is 23.5 Å². The van der Waals surface area contributed by atoms with Gasteiger partial charge in [0, 0.05) is 23.7 Å². The summed E-state index contributed by atoms with van der Waals surface area (Å²) in [5, 5.41) is 3.00. The highest BCUT2D eigenvalue weighted by atomic mass is 19.1. The summed E-state index contributed by atoms with van der Waals surface area (Å²) in [5.74, 6) is 0.629. The van der Waals surface area contributed by atoms with Crippen molar-refractivity contribution in [1.82, 2.24) is 10.3 Å². The molecular weight excluding hydrogens is 459 g/mol. The van der Waals surface area contributed by atoms with E-state index in [1.54, 1.807) is 19.2 Å². The fourth-order valence-electron chi connectivity index (χ4n) is 6.64. The summed E-state index contributed by atoms with van der Waals surface area (Å²) < 4.78 is 24.3. The number of cyclic esters (lactones) is 1. The van der Waals surface area contributed by atoms with Crippen molar-refractivity contribution >= 4 is 18.1 Å². The Hall–Kier alpha value is -3.22. The summed E-state index contributed by atoms with van der Waals surface area (Å²) >= 11 is 0. The first-order chi connectivity index (χ1) is 17.4. The number of nitrogens with one attached hydrogen (secondary N) is 1. The number of esters is 1. The Morgan fingerprint density at radius 1 is 1.22 bits per heavy atom. The van der Waals surface area contributed by atoms with Crippen LogP contribution in [0.25, 0.3) is 17.2 Å². The van der Waals surface area contributed by atoms with Gasteiger partial charge in [-0.1, -0.05) is 24.3 Å². The van der Waals surface area contributed by atoms with Gasteiger partial charge >= 0.3 is 12.1 Å². The van der Waals surface area contributed by atoms with Gasteiger partial charge in [0.1, 0.15) is 11.9 Å². The van der Waals surface area contributed by atoms with Crippen LogP contribution in [0.3, 0.4) is 0 Å². The van der Waals surface area contributed by atoms with Crippen molar-refractivity contribution in [3.8, 4) is 11.1 Å². The van der Waals surface area contributed by atoms with Gasteiger partial charge in [-0.15, -0.1) is 0 Å². The van der Waals surface area contributed by atoms with E-state index in [1.807, 2.05) is 31.2 Å². The van der Waals surface area contributed by atoms with Gasteiger partial charge in [-0.25, -0.2) is 9.18 Å². The van der Waals surface area contributed by atoms with E-state index >= 15 is 0 Å². The van der Waals surface area contributed by atoms with Crippen molar-refractivity contribution in [3.63, 3.8) is 0 Å². The maximum Gasteiger partial charge on any atom is 0.407 e. The summed E-state index contributed by atoms with van der Waals surface area (Å²) in [4.78, 5) is 29.2. The number of amides is 1. The van der Waals surface area contributed by atoms with E-state index < -0.39 is 0 Å². The van der Waals surface area contributed by atoms with Crippen LogP contribution in [0.15, 0.2) is 48.7 Å². The number of fused-ring (bicyclic) bond motifs is 2. The van der Waals surface area contributed by atoms with Crippen LogP contribution in [0.1, 0.15) is 45.2 Å². The zero-order valence-electron chi connectivity index (χ0n) is 20.7.